The summed E-state index contributed by atoms with van der Waals surface area (Å²) in [5.74, 6) is -0.684. The first-order valence-electron chi connectivity index (χ1n) is 21.6. The summed E-state index contributed by atoms with van der Waals surface area (Å²) < 4.78 is 23.2. The maximum Gasteiger partial charge on any atom is 0.246 e. The van der Waals surface area contributed by atoms with Crippen molar-refractivity contribution in [1.82, 2.24) is 20.5 Å². The molecule has 5 N–H and O–H groups in total. The van der Waals surface area contributed by atoms with Crippen LogP contribution >= 0.6 is 22.7 Å². The molecule has 3 heterocycles. The van der Waals surface area contributed by atoms with Gasteiger partial charge in [0.1, 0.15) is 42.5 Å². The van der Waals surface area contributed by atoms with Gasteiger partial charge in [-0.2, -0.15) is 0 Å². The zero-order chi connectivity index (χ0) is 46.6. The molecule has 1 saturated heterocycles. The van der Waals surface area contributed by atoms with E-state index in [-0.39, 0.29) is 82.2 Å². The van der Waals surface area contributed by atoms with E-state index in [0.29, 0.717) is 30.1 Å². The van der Waals surface area contributed by atoms with E-state index in [1.165, 1.54) is 16.2 Å². The molecule has 15 nitrogen and oxygen atoms in total. The van der Waals surface area contributed by atoms with Crippen LogP contribution in [0.5, 0.6) is 17.2 Å². The van der Waals surface area contributed by atoms with Gasteiger partial charge in [0.15, 0.2) is 5.78 Å². The van der Waals surface area contributed by atoms with Crippen LogP contribution in [0.1, 0.15) is 46.9 Å². The number of aromatic hydroxyl groups is 2. The highest BCUT2D eigenvalue weighted by Crippen LogP contribution is 2.41. The Kier molecular flexibility index (Phi) is 16.5. The number of fused-ring (bicyclic) bond motifs is 1. The maximum atomic E-state index is 13.8. The van der Waals surface area contributed by atoms with E-state index in [2.05, 4.69) is 15.6 Å². The van der Waals surface area contributed by atoms with Crippen LogP contribution in [0.15, 0.2) is 96.5 Å². The van der Waals surface area contributed by atoms with Crippen LogP contribution in [-0.2, 0) is 35.1 Å². The van der Waals surface area contributed by atoms with Crippen molar-refractivity contribution in [2.45, 2.75) is 51.4 Å². The van der Waals surface area contributed by atoms with E-state index in [4.69, 9.17) is 18.9 Å². The standard InChI is InChI=1S/C49H52N4O11S2/c1-3-40(49(60)53-27-37(56)24-41(53)48(59)50-26-31-4-6-33(7-5-31)46-30(2)51-29-65-46)52-43(57)28-63-21-20-61-18-19-62-22-23-64-38-15-10-32(11-16-38)45(58)44-39-17-14-36(55)25-42(39)66-47(44)34-8-12-35(54)13-9-34/h4-17,25,29,37,40-41,54-56H,3,18-24,26-28H2,1-2H3,(H,50,59)(H,52,57)/t37?,40-,41?/m0/s1. The van der Waals surface area contributed by atoms with Crippen LogP contribution in [0.3, 0.4) is 0 Å². The molecule has 0 spiro atoms. The molecule has 2 unspecified atom stereocenters. The molecule has 0 bridgehead atoms. The molecule has 3 atom stereocenters. The van der Waals surface area contributed by atoms with Gasteiger partial charge in [-0.25, -0.2) is 4.98 Å². The Morgan fingerprint density at radius 1 is 0.818 bits per heavy atom. The number of carbonyl (C=O) groups excluding carboxylic acids is 4. The zero-order valence-electron chi connectivity index (χ0n) is 36.6. The first kappa shape index (κ1) is 47.7. The largest absolute Gasteiger partial charge is 0.508 e. The van der Waals surface area contributed by atoms with E-state index in [1.807, 2.05) is 31.2 Å². The Morgan fingerprint density at radius 3 is 2.15 bits per heavy atom. The number of hydrogen-bond donors (Lipinski definition) is 5. The van der Waals surface area contributed by atoms with Gasteiger partial charge in [0.25, 0.3) is 0 Å². The Bertz CT molecular complexity index is 2600. The molecule has 0 aliphatic carbocycles. The van der Waals surface area contributed by atoms with Crippen molar-refractivity contribution >= 4 is 56.3 Å². The number of aryl methyl sites for hydroxylation is 1. The van der Waals surface area contributed by atoms with Gasteiger partial charge in [0, 0.05) is 45.6 Å². The van der Waals surface area contributed by atoms with Crippen molar-refractivity contribution in [1.29, 1.82) is 0 Å². The lowest BCUT2D eigenvalue weighted by molar-refractivity contribution is -0.142. The lowest BCUT2D eigenvalue weighted by atomic mass is 9.97. The van der Waals surface area contributed by atoms with Crippen molar-refractivity contribution in [3.8, 4) is 38.1 Å². The van der Waals surface area contributed by atoms with E-state index in [1.54, 1.807) is 90.5 Å². The number of phenols is 2. The molecule has 0 radical (unpaired) electrons. The van der Waals surface area contributed by atoms with Gasteiger partial charge < -0.3 is 49.8 Å². The Hall–Kier alpha value is -6.21. The summed E-state index contributed by atoms with van der Waals surface area (Å²) in [5.41, 5.74) is 6.47. The molecular formula is C49H52N4O11S2. The average molecular weight is 937 g/mol. The number of benzene rings is 4. The first-order valence-corrected chi connectivity index (χ1v) is 23.3. The summed E-state index contributed by atoms with van der Waals surface area (Å²) in [6, 6.07) is 24.5. The van der Waals surface area contributed by atoms with Gasteiger partial charge in [-0.15, -0.1) is 22.7 Å². The number of aromatic nitrogens is 1. The van der Waals surface area contributed by atoms with Crippen molar-refractivity contribution in [3.05, 3.63) is 119 Å². The van der Waals surface area contributed by atoms with Gasteiger partial charge in [-0.1, -0.05) is 31.2 Å². The fraction of sp³-hybridized carbons (Fsp3) is 0.327. The number of nitrogens with zero attached hydrogens (tertiary/aromatic N) is 2. The summed E-state index contributed by atoms with van der Waals surface area (Å²) in [4.78, 5) is 60.8. The lowest BCUT2D eigenvalue weighted by Crippen LogP contribution is -2.53. The summed E-state index contributed by atoms with van der Waals surface area (Å²) in [5, 5.41) is 36.6. The number of ether oxygens (including phenoxy) is 4. The average Bonchev–Trinajstić information content (AvgIpc) is 4.05. The smallest absolute Gasteiger partial charge is 0.246 e. The minimum absolute atomic E-state index is 0.0110. The van der Waals surface area contributed by atoms with Gasteiger partial charge in [0.2, 0.25) is 17.7 Å². The van der Waals surface area contributed by atoms with Crippen LogP contribution < -0.4 is 15.4 Å². The lowest BCUT2D eigenvalue weighted by Gasteiger charge is -2.28. The Labute approximate surface area is 389 Å². The van der Waals surface area contributed by atoms with E-state index in [9.17, 15) is 34.5 Å². The second-order valence-corrected chi connectivity index (χ2v) is 17.5. The number of nitrogens with one attached hydrogen (secondary N) is 2. The van der Waals surface area contributed by atoms with Crippen LogP contribution in [0.25, 0.3) is 31.0 Å². The van der Waals surface area contributed by atoms with Crippen molar-refractivity contribution < 1.29 is 53.4 Å². The minimum Gasteiger partial charge on any atom is -0.508 e. The fourth-order valence-electron chi connectivity index (χ4n) is 7.54. The molecule has 1 aliphatic heterocycles. The van der Waals surface area contributed by atoms with E-state index >= 15 is 0 Å². The number of hydrogen-bond acceptors (Lipinski definition) is 14. The molecule has 346 valence electrons. The van der Waals surface area contributed by atoms with Crippen LogP contribution in [0, 0.1) is 6.92 Å². The van der Waals surface area contributed by atoms with E-state index < -0.39 is 30.0 Å². The highest BCUT2D eigenvalue weighted by Gasteiger charge is 2.41. The van der Waals surface area contributed by atoms with Gasteiger partial charge >= 0.3 is 0 Å². The molecule has 7 rings (SSSR count). The molecular weight excluding hydrogens is 885 g/mol. The predicted octanol–water partition coefficient (Wildman–Crippen LogP) is 6.24. The SMILES string of the molecule is CC[C@H](NC(=O)COCCOCCOCCOc1ccc(C(=O)c2c(-c3ccc(O)cc3)sc3cc(O)ccc23)cc1)C(=O)N1CC(O)CC1C(=O)NCc1ccc(-c2scnc2C)cc1. The number of thiazole rings is 1. The van der Waals surface area contributed by atoms with Crippen molar-refractivity contribution in [3.63, 3.8) is 0 Å². The summed E-state index contributed by atoms with van der Waals surface area (Å²) >= 11 is 2.96. The van der Waals surface area contributed by atoms with E-state index in [0.717, 1.165) is 42.2 Å². The van der Waals surface area contributed by atoms with Gasteiger partial charge in [-0.3, -0.25) is 19.2 Å². The first-order chi connectivity index (χ1) is 32.0. The molecule has 17 heteroatoms. The number of aliphatic hydroxyl groups is 1. The highest BCUT2D eigenvalue weighted by molar-refractivity contribution is 7.22. The second kappa shape index (κ2) is 22.8. The number of likely N-dealkylation sites (tertiary alicyclic amines) is 1. The molecule has 1 fully saturated rings. The minimum atomic E-state index is -0.896. The van der Waals surface area contributed by atoms with Crippen LogP contribution in [0.2, 0.25) is 0 Å². The number of phenolic OH excluding ortho intramolecular Hbond substituents is 2. The zero-order valence-corrected chi connectivity index (χ0v) is 38.2. The van der Waals surface area contributed by atoms with Crippen LogP contribution in [0.4, 0.5) is 0 Å². The Morgan fingerprint density at radius 2 is 1.47 bits per heavy atom. The number of thiophene rings is 1. The number of amides is 3. The molecule has 66 heavy (non-hydrogen) atoms. The molecule has 1 aliphatic rings. The van der Waals surface area contributed by atoms with Crippen molar-refractivity contribution in [2.24, 2.45) is 0 Å². The molecule has 2 aromatic heterocycles. The third-order valence-corrected chi connectivity index (χ3v) is 13.1. The van der Waals surface area contributed by atoms with Crippen molar-refractivity contribution in [2.75, 3.05) is 52.8 Å². The number of aliphatic hydroxyl groups excluding tert-OH is 1. The summed E-state index contributed by atoms with van der Waals surface area (Å²) in [6.45, 7) is 5.18. The topological polar surface area (TPSA) is 206 Å². The maximum absolute atomic E-state index is 13.8. The third kappa shape index (κ3) is 12.2. The fourth-order valence-corrected chi connectivity index (χ4v) is 9.59. The molecule has 0 saturated carbocycles. The number of rotatable bonds is 22. The Balaban J connectivity index is 0.758. The molecule has 6 aromatic rings. The third-order valence-electron chi connectivity index (χ3n) is 11.0. The molecule has 4 aromatic carbocycles. The quantitative estimate of drug-likeness (QED) is 0.0379. The summed E-state index contributed by atoms with van der Waals surface area (Å²) in [7, 11) is 0. The predicted molar refractivity (Wildman–Crippen MR) is 251 cm³/mol. The summed E-state index contributed by atoms with van der Waals surface area (Å²) in [6.07, 6.45) is -0.481. The number of β-amino-alcohol motifs (C(OH)–C–C–N with tert-alkyl or cyclic N) is 1. The van der Waals surface area contributed by atoms with Gasteiger partial charge in [0.05, 0.1) is 55.2 Å². The number of ketones is 1. The highest BCUT2D eigenvalue weighted by atomic mass is 32.1. The van der Waals surface area contributed by atoms with Crippen LogP contribution in [-0.4, -0.2) is 120 Å². The molecule has 3 amide bonds. The number of carbonyl (C=O) groups is 4. The normalized spacial score (nSPS) is 15.2. The van der Waals surface area contributed by atoms with Gasteiger partial charge in [-0.05, 0) is 96.8 Å². The monoisotopic (exact) mass is 936 g/mol. The second-order valence-electron chi connectivity index (χ2n) is 15.6.